The van der Waals surface area contributed by atoms with Crippen molar-refractivity contribution >= 4 is 5.91 Å². The summed E-state index contributed by atoms with van der Waals surface area (Å²) >= 11 is 0. The van der Waals surface area contributed by atoms with Gasteiger partial charge in [0, 0.05) is 6.04 Å². The maximum absolute atomic E-state index is 12.4. The summed E-state index contributed by atoms with van der Waals surface area (Å²) in [5.74, 6) is 0.409. The smallest absolute Gasteiger partial charge is 0.244 e. The maximum Gasteiger partial charge on any atom is 0.244 e. The summed E-state index contributed by atoms with van der Waals surface area (Å²) in [6.07, 6.45) is 9.63. The van der Waals surface area contributed by atoms with E-state index in [0.29, 0.717) is 11.9 Å². The van der Waals surface area contributed by atoms with Crippen molar-refractivity contribution in [2.24, 2.45) is 0 Å². The van der Waals surface area contributed by atoms with Crippen LogP contribution in [0.1, 0.15) is 51.4 Å². The molecular formula is C12H20N2O. The lowest BCUT2D eigenvalue weighted by Crippen LogP contribution is -2.45. The molecule has 1 spiro atoms. The Kier molecular flexibility index (Phi) is 2.23. The number of amides is 1. The molecular weight excluding hydrogens is 188 g/mol. The summed E-state index contributed by atoms with van der Waals surface area (Å²) in [5, 5.41) is 3.49. The second kappa shape index (κ2) is 3.48. The SMILES string of the molecule is O=C1N(C2CCCC2)CNC12CCCC2. The molecule has 0 bridgehead atoms. The number of carbonyl (C=O) groups excluding carboxylic acids is 1. The molecule has 0 aromatic carbocycles. The molecule has 0 radical (unpaired) electrons. The fraction of sp³-hybridized carbons (Fsp3) is 0.917. The lowest BCUT2D eigenvalue weighted by atomic mass is 9.97. The number of carbonyl (C=O) groups is 1. The first-order valence-electron chi connectivity index (χ1n) is 6.38. The predicted octanol–water partition coefficient (Wildman–Crippen LogP) is 1.63. The Morgan fingerprint density at radius 3 is 2.47 bits per heavy atom. The van der Waals surface area contributed by atoms with Crippen molar-refractivity contribution in [3.63, 3.8) is 0 Å². The lowest BCUT2D eigenvalue weighted by Gasteiger charge is -2.25. The molecule has 0 aromatic rings. The third-order valence-electron chi connectivity index (χ3n) is 4.48. The zero-order valence-electron chi connectivity index (χ0n) is 9.30. The van der Waals surface area contributed by atoms with E-state index in [2.05, 4.69) is 10.2 Å². The van der Waals surface area contributed by atoms with Crippen molar-refractivity contribution in [3.05, 3.63) is 0 Å². The van der Waals surface area contributed by atoms with Crippen LogP contribution in [0.25, 0.3) is 0 Å². The normalized spacial score (nSPS) is 30.9. The van der Waals surface area contributed by atoms with Gasteiger partial charge in [0.1, 0.15) is 0 Å². The van der Waals surface area contributed by atoms with E-state index in [1.807, 2.05) is 0 Å². The average molecular weight is 208 g/mol. The summed E-state index contributed by atoms with van der Waals surface area (Å²) in [4.78, 5) is 14.5. The van der Waals surface area contributed by atoms with E-state index in [1.54, 1.807) is 0 Å². The van der Waals surface area contributed by atoms with Crippen LogP contribution >= 0.6 is 0 Å². The van der Waals surface area contributed by atoms with Gasteiger partial charge in [-0.15, -0.1) is 0 Å². The molecule has 1 aliphatic heterocycles. The van der Waals surface area contributed by atoms with Crippen molar-refractivity contribution in [1.82, 2.24) is 10.2 Å². The molecule has 3 nitrogen and oxygen atoms in total. The first-order chi connectivity index (χ1) is 7.32. The van der Waals surface area contributed by atoms with Crippen molar-refractivity contribution in [2.75, 3.05) is 6.67 Å². The molecule has 84 valence electrons. The molecule has 1 saturated heterocycles. The quantitative estimate of drug-likeness (QED) is 0.710. The van der Waals surface area contributed by atoms with Crippen molar-refractivity contribution in [1.29, 1.82) is 0 Å². The van der Waals surface area contributed by atoms with Crippen LogP contribution in [-0.4, -0.2) is 29.1 Å². The van der Waals surface area contributed by atoms with Crippen molar-refractivity contribution in [2.45, 2.75) is 62.9 Å². The topological polar surface area (TPSA) is 32.3 Å². The summed E-state index contributed by atoms with van der Waals surface area (Å²) in [5.41, 5.74) is -0.136. The van der Waals surface area contributed by atoms with Gasteiger partial charge >= 0.3 is 0 Å². The van der Waals surface area contributed by atoms with Gasteiger partial charge in [-0.3, -0.25) is 10.1 Å². The van der Waals surface area contributed by atoms with Gasteiger partial charge in [0.05, 0.1) is 12.2 Å². The maximum atomic E-state index is 12.4. The molecule has 1 N–H and O–H groups in total. The number of hydrogen-bond acceptors (Lipinski definition) is 2. The van der Waals surface area contributed by atoms with Crippen molar-refractivity contribution in [3.8, 4) is 0 Å². The van der Waals surface area contributed by atoms with Crippen LogP contribution in [0, 0.1) is 0 Å². The van der Waals surface area contributed by atoms with Gasteiger partial charge in [-0.1, -0.05) is 25.7 Å². The highest BCUT2D eigenvalue weighted by molar-refractivity contribution is 5.89. The predicted molar refractivity (Wildman–Crippen MR) is 58.3 cm³/mol. The minimum absolute atomic E-state index is 0.136. The van der Waals surface area contributed by atoms with Gasteiger partial charge in [-0.05, 0) is 25.7 Å². The van der Waals surface area contributed by atoms with Crippen LogP contribution in [0.15, 0.2) is 0 Å². The molecule has 3 fully saturated rings. The number of hydrogen-bond donors (Lipinski definition) is 1. The van der Waals surface area contributed by atoms with Gasteiger partial charge in [0.25, 0.3) is 0 Å². The zero-order chi connectivity index (χ0) is 10.3. The summed E-state index contributed by atoms with van der Waals surface area (Å²) in [7, 11) is 0. The fourth-order valence-corrected chi connectivity index (χ4v) is 3.54. The standard InChI is InChI=1S/C12H20N2O/c15-11-12(7-3-4-8-12)13-9-14(11)10-5-1-2-6-10/h10,13H,1-9H2. The molecule has 0 unspecified atom stereocenters. The molecule has 3 aliphatic rings. The Labute approximate surface area is 91.2 Å². The number of nitrogens with zero attached hydrogens (tertiary/aromatic N) is 1. The highest BCUT2D eigenvalue weighted by Crippen LogP contribution is 2.37. The highest BCUT2D eigenvalue weighted by Gasteiger charge is 2.49. The van der Waals surface area contributed by atoms with Crippen LogP contribution in [0.3, 0.4) is 0 Å². The largest absolute Gasteiger partial charge is 0.325 e. The number of nitrogens with one attached hydrogen (secondary N) is 1. The van der Waals surface area contributed by atoms with E-state index in [-0.39, 0.29) is 5.54 Å². The molecule has 2 saturated carbocycles. The summed E-state index contributed by atoms with van der Waals surface area (Å²) < 4.78 is 0. The molecule has 1 amide bonds. The van der Waals surface area contributed by atoms with Gasteiger partial charge < -0.3 is 4.90 Å². The van der Waals surface area contributed by atoms with Crippen LogP contribution in [-0.2, 0) is 4.79 Å². The number of rotatable bonds is 1. The van der Waals surface area contributed by atoms with E-state index in [9.17, 15) is 4.79 Å². The average Bonchev–Trinajstić information content (AvgIpc) is 2.93. The van der Waals surface area contributed by atoms with E-state index >= 15 is 0 Å². The first kappa shape index (κ1) is 9.64. The minimum atomic E-state index is -0.136. The van der Waals surface area contributed by atoms with Crippen molar-refractivity contribution < 1.29 is 4.79 Å². The van der Waals surface area contributed by atoms with E-state index in [0.717, 1.165) is 19.5 Å². The molecule has 3 rings (SSSR count). The molecule has 0 atom stereocenters. The summed E-state index contributed by atoms with van der Waals surface area (Å²) in [6, 6.07) is 0.546. The van der Waals surface area contributed by atoms with Gasteiger partial charge in [-0.25, -0.2) is 0 Å². The van der Waals surface area contributed by atoms with Gasteiger partial charge in [0.15, 0.2) is 0 Å². The Hall–Kier alpha value is -0.570. The van der Waals surface area contributed by atoms with Gasteiger partial charge in [-0.2, -0.15) is 0 Å². The first-order valence-corrected chi connectivity index (χ1v) is 6.38. The third kappa shape index (κ3) is 1.40. The molecule has 1 heterocycles. The highest BCUT2D eigenvalue weighted by atomic mass is 16.2. The van der Waals surface area contributed by atoms with E-state index in [4.69, 9.17) is 0 Å². The van der Waals surface area contributed by atoms with E-state index in [1.165, 1.54) is 38.5 Å². The van der Waals surface area contributed by atoms with Crippen LogP contribution < -0.4 is 5.32 Å². The van der Waals surface area contributed by atoms with Crippen LogP contribution in [0.4, 0.5) is 0 Å². The monoisotopic (exact) mass is 208 g/mol. The lowest BCUT2D eigenvalue weighted by molar-refractivity contribution is -0.134. The fourth-order valence-electron chi connectivity index (χ4n) is 3.54. The Morgan fingerprint density at radius 1 is 1.13 bits per heavy atom. The Bertz CT molecular complexity index is 265. The van der Waals surface area contributed by atoms with Crippen LogP contribution in [0.2, 0.25) is 0 Å². The second-order valence-corrected chi connectivity index (χ2v) is 5.34. The zero-order valence-corrected chi connectivity index (χ0v) is 9.30. The van der Waals surface area contributed by atoms with E-state index < -0.39 is 0 Å². The second-order valence-electron chi connectivity index (χ2n) is 5.34. The molecule has 2 aliphatic carbocycles. The Balaban J connectivity index is 1.75. The molecule has 0 aromatic heterocycles. The third-order valence-corrected chi connectivity index (χ3v) is 4.48. The molecule has 3 heteroatoms. The van der Waals surface area contributed by atoms with Crippen LogP contribution in [0.5, 0.6) is 0 Å². The summed E-state index contributed by atoms with van der Waals surface area (Å²) in [6.45, 7) is 0.809. The van der Waals surface area contributed by atoms with Gasteiger partial charge in [0.2, 0.25) is 5.91 Å². The molecule has 15 heavy (non-hydrogen) atoms. The Morgan fingerprint density at radius 2 is 1.80 bits per heavy atom. The minimum Gasteiger partial charge on any atom is -0.325 e.